The summed E-state index contributed by atoms with van der Waals surface area (Å²) in [6.07, 6.45) is 19.0. The largest absolute Gasteiger partial charge is 0.388 e. The molecule has 0 spiro atoms. The van der Waals surface area contributed by atoms with Gasteiger partial charge in [-0.3, -0.25) is 0 Å². The number of hydrogen-bond donors (Lipinski definition) is 3. The van der Waals surface area contributed by atoms with E-state index >= 15 is 0 Å². The van der Waals surface area contributed by atoms with Gasteiger partial charge >= 0.3 is 0 Å². The van der Waals surface area contributed by atoms with E-state index in [2.05, 4.69) is 83.4 Å². The molecule has 2 atom stereocenters. The van der Waals surface area contributed by atoms with Gasteiger partial charge in [0.15, 0.2) is 0 Å². The normalized spacial score (nSPS) is 17.2. The molecular weight excluding hydrogens is 492 g/mol. The zero-order valence-corrected chi connectivity index (χ0v) is 25.7. The zero-order chi connectivity index (χ0) is 29.0. The van der Waals surface area contributed by atoms with Gasteiger partial charge in [0.05, 0.1) is 0 Å². The minimum absolute atomic E-state index is 0.290. The van der Waals surface area contributed by atoms with Gasteiger partial charge in [0.25, 0.3) is 0 Å². The summed E-state index contributed by atoms with van der Waals surface area (Å²) < 4.78 is 0. The van der Waals surface area contributed by atoms with Crippen LogP contribution in [0.5, 0.6) is 0 Å². The number of allylic oxidation sites excluding steroid dienone is 5. The van der Waals surface area contributed by atoms with E-state index in [0.29, 0.717) is 18.4 Å². The first-order chi connectivity index (χ1) is 19.6. The Labute approximate surface area is 245 Å². The number of benzene rings is 1. The van der Waals surface area contributed by atoms with Crippen LogP contribution in [0.2, 0.25) is 0 Å². The lowest BCUT2D eigenvalue weighted by Gasteiger charge is -2.41. The number of aliphatic imine (C=N–C) groups is 1. The standard InChI is InChI=1S/C34H56N6/c1-5-8-14-21-37-29(4)39-22-24-40(25-23-39)34(16-7-3)31(19-12-13-20-35)28-38-33(15-6-2)32(27-36)26-30-17-10-9-11-18-30/h5,8-11,14-18,21,31-32,38H,6-7,12-13,19-20,22-28,35-36H2,1-4H3/b8-5+,21-14-,33-15?,34-16?,37-29?. The van der Waals surface area contributed by atoms with Crippen molar-refractivity contribution in [1.82, 2.24) is 15.1 Å². The van der Waals surface area contributed by atoms with Crippen molar-refractivity contribution in [3.05, 3.63) is 83.9 Å². The number of nitrogens with zero attached hydrogens (tertiary/aromatic N) is 3. The molecule has 0 amide bonds. The van der Waals surface area contributed by atoms with Gasteiger partial charge < -0.3 is 26.6 Å². The number of amidine groups is 1. The molecule has 1 heterocycles. The van der Waals surface area contributed by atoms with E-state index in [0.717, 1.165) is 83.6 Å². The molecule has 2 unspecified atom stereocenters. The minimum Gasteiger partial charge on any atom is -0.388 e. The second-order valence-electron chi connectivity index (χ2n) is 10.6. The Morgan fingerprint density at radius 2 is 1.65 bits per heavy atom. The summed E-state index contributed by atoms with van der Waals surface area (Å²) in [5.41, 5.74) is 16.3. The molecule has 6 nitrogen and oxygen atoms in total. The number of nitrogens with two attached hydrogens (primary N) is 2. The molecule has 0 bridgehead atoms. The number of unbranched alkanes of at least 4 members (excludes halogenated alkanes) is 1. The first kappa shape index (κ1) is 33.4. The molecule has 222 valence electrons. The maximum Gasteiger partial charge on any atom is 0.101 e. The van der Waals surface area contributed by atoms with Crippen molar-refractivity contribution in [2.75, 3.05) is 45.8 Å². The van der Waals surface area contributed by atoms with Gasteiger partial charge in [0, 0.05) is 68.7 Å². The Bertz CT molecular complexity index is 954. The number of hydrogen-bond acceptors (Lipinski definition) is 5. The molecule has 1 aromatic carbocycles. The third kappa shape index (κ3) is 11.7. The van der Waals surface area contributed by atoms with Gasteiger partial charge in [-0.25, -0.2) is 4.99 Å². The summed E-state index contributed by atoms with van der Waals surface area (Å²) in [6, 6.07) is 10.7. The molecule has 5 N–H and O–H groups in total. The number of rotatable bonds is 17. The molecule has 0 aromatic heterocycles. The lowest BCUT2D eigenvalue weighted by Crippen LogP contribution is -2.49. The molecule has 40 heavy (non-hydrogen) atoms. The van der Waals surface area contributed by atoms with Crippen LogP contribution < -0.4 is 16.8 Å². The van der Waals surface area contributed by atoms with Crippen LogP contribution in [0.1, 0.15) is 65.4 Å². The van der Waals surface area contributed by atoms with E-state index in [4.69, 9.17) is 11.5 Å². The van der Waals surface area contributed by atoms with E-state index < -0.39 is 0 Å². The van der Waals surface area contributed by atoms with E-state index in [9.17, 15) is 0 Å². The Morgan fingerprint density at radius 3 is 2.27 bits per heavy atom. The fraction of sp³-hybridized carbons (Fsp3) is 0.559. The van der Waals surface area contributed by atoms with Crippen molar-refractivity contribution in [2.24, 2.45) is 28.3 Å². The van der Waals surface area contributed by atoms with Crippen LogP contribution in [0, 0.1) is 11.8 Å². The van der Waals surface area contributed by atoms with Crippen LogP contribution in [0.25, 0.3) is 0 Å². The van der Waals surface area contributed by atoms with Crippen molar-refractivity contribution < 1.29 is 0 Å². The van der Waals surface area contributed by atoms with Crippen LogP contribution >= 0.6 is 0 Å². The number of piperazine rings is 1. The molecular formula is C34H56N6. The van der Waals surface area contributed by atoms with E-state index in [1.165, 1.54) is 17.0 Å². The fourth-order valence-electron chi connectivity index (χ4n) is 5.40. The average Bonchev–Trinajstić information content (AvgIpc) is 2.99. The Kier molecular flexibility index (Phi) is 16.8. The van der Waals surface area contributed by atoms with Gasteiger partial charge in [0.2, 0.25) is 0 Å². The zero-order valence-electron chi connectivity index (χ0n) is 25.7. The predicted molar refractivity (Wildman–Crippen MR) is 174 cm³/mol. The second-order valence-corrected chi connectivity index (χ2v) is 10.6. The van der Waals surface area contributed by atoms with E-state index in [1.54, 1.807) is 0 Å². The summed E-state index contributed by atoms with van der Waals surface area (Å²) in [4.78, 5) is 9.66. The molecule has 0 aliphatic carbocycles. The van der Waals surface area contributed by atoms with Gasteiger partial charge in [-0.1, -0.05) is 74.9 Å². The lowest BCUT2D eigenvalue weighted by atomic mass is 9.92. The summed E-state index contributed by atoms with van der Waals surface area (Å²) in [5, 5.41) is 3.90. The predicted octanol–water partition coefficient (Wildman–Crippen LogP) is 5.85. The molecule has 1 aliphatic heterocycles. The van der Waals surface area contributed by atoms with Crippen LogP contribution in [0.4, 0.5) is 0 Å². The van der Waals surface area contributed by atoms with Crippen molar-refractivity contribution in [1.29, 1.82) is 0 Å². The first-order valence-corrected chi connectivity index (χ1v) is 15.5. The molecule has 2 rings (SSSR count). The highest BCUT2D eigenvalue weighted by Gasteiger charge is 2.25. The Hall–Kier alpha value is -2.83. The highest BCUT2D eigenvalue weighted by atomic mass is 15.3. The average molecular weight is 549 g/mol. The highest BCUT2D eigenvalue weighted by molar-refractivity contribution is 5.80. The van der Waals surface area contributed by atoms with Crippen LogP contribution in [0.15, 0.2) is 83.3 Å². The summed E-state index contributed by atoms with van der Waals surface area (Å²) in [5.74, 6) is 1.81. The SMILES string of the molecule is C/C=C/C=C\N=C(C)N1CCN(C(=CCC)C(CCCCN)CNC(=CCC)C(CN)Cc2ccccc2)CC1. The molecule has 6 heteroatoms. The molecule has 1 fully saturated rings. The van der Waals surface area contributed by atoms with Gasteiger partial charge in [-0.05, 0) is 64.1 Å². The van der Waals surface area contributed by atoms with Crippen LogP contribution in [-0.2, 0) is 6.42 Å². The van der Waals surface area contributed by atoms with Crippen molar-refractivity contribution in [3.63, 3.8) is 0 Å². The van der Waals surface area contributed by atoms with E-state index in [1.807, 2.05) is 31.4 Å². The minimum atomic E-state index is 0.290. The third-order valence-electron chi connectivity index (χ3n) is 7.62. The lowest BCUT2D eigenvalue weighted by molar-refractivity contribution is 0.198. The maximum atomic E-state index is 6.33. The van der Waals surface area contributed by atoms with Crippen LogP contribution in [0.3, 0.4) is 0 Å². The Morgan fingerprint density at radius 1 is 0.950 bits per heavy atom. The second kappa shape index (κ2) is 20.1. The smallest absolute Gasteiger partial charge is 0.101 e. The van der Waals surface area contributed by atoms with Crippen molar-refractivity contribution in [3.8, 4) is 0 Å². The summed E-state index contributed by atoms with van der Waals surface area (Å²) in [6.45, 7) is 14.9. The van der Waals surface area contributed by atoms with Crippen LogP contribution in [-0.4, -0.2) is 61.4 Å². The van der Waals surface area contributed by atoms with Crippen molar-refractivity contribution in [2.45, 2.75) is 66.2 Å². The fourth-order valence-corrected chi connectivity index (χ4v) is 5.40. The van der Waals surface area contributed by atoms with Crippen molar-refractivity contribution >= 4 is 5.84 Å². The number of nitrogens with one attached hydrogen (secondary N) is 1. The molecule has 1 aliphatic rings. The van der Waals surface area contributed by atoms with Gasteiger partial charge in [-0.2, -0.15) is 0 Å². The highest BCUT2D eigenvalue weighted by Crippen LogP contribution is 2.25. The topological polar surface area (TPSA) is 82.9 Å². The van der Waals surface area contributed by atoms with Gasteiger partial charge in [0.1, 0.15) is 5.84 Å². The quantitative estimate of drug-likeness (QED) is 0.0984. The molecule has 1 aromatic rings. The molecule has 1 saturated heterocycles. The maximum absolute atomic E-state index is 6.33. The third-order valence-corrected chi connectivity index (χ3v) is 7.62. The summed E-state index contributed by atoms with van der Waals surface area (Å²) >= 11 is 0. The molecule has 0 saturated carbocycles. The van der Waals surface area contributed by atoms with Gasteiger partial charge in [-0.15, -0.1) is 0 Å². The molecule has 0 radical (unpaired) electrons. The monoisotopic (exact) mass is 548 g/mol. The first-order valence-electron chi connectivity index (χ1n) is 15.5. The Balaban J connectivity index is 2.14. The summed E-state index contributed by atoms with van der Waals surface area (Å²) in [7, 11) is 0. The van der Waals surface area contributed by atoms with E-state index in [-0.39, 0.29) is 0 Å².